The number of amides is 1. The Labute approximate surface area is 137 Å². The molecule has 5 heteroatoms. The first-order valence-corrected chi connectivity index (χ1v) is 7.93. The Bertz CT molecular complexity index is 591. The summed E-state index contributed by atoms with van der Waals surface area (Å²) in [4.78, 5) is 23.3. The number of ketones is 1. The first-order chi connectivity index (χ1) is 10.6. The molecule has 0 spiro atoms. The first-order valence-electron chi connectivity index (χ1n) is 7.93. The molecule has 1 amide bonds. The molecule has 1 saturated heterocycles. The molecule has 0 bridgehead atoms. The van der Waals surface area contributed by atoms with Gasteiger partial charge in [-0.3, -0.25) is 9.59 Å². The molecule has 1 aromatic rings. The molecule has 5 nitrogen and oxygen atoms in total. The topological polar surface area (TPSA) is 67.4 Å². The number of carbonyl (C=O) groups is 2. The molecule has 0 aromatic heterocycles. The fraction of sp³-hybridized carbons (Fsp3) is 0.556. The van der Waals surface area contributed by atoms with Crippen molar-refractivity contribution >= 4 is 17.4 Å². The van der Waals surface area contributed by atoms with Gasteiger partial charge in [0, 0.05) is 17.3 Å². The summed E-state index contributed by atoms with van der Waals surface area (Å²) in [6.45, 7) is 9.95. The maximum absolute atomic E-state index is 12.1. The molecule has 1 atom stereocenters. The molecule has 1 heterocycles. The van der Waals surface area contributed by atoms with Gasteiger partial charge in [0.05, 0.1) is 17.7 Å². The Balaban J connectivity index is 1.87. The second-order valence-electron chi connectivity index (χ2n) is 7.28. The fourth-order valence-corrected chi connectivity index (χ4v) is 3.09. The van der Waals surface area contributed by atoms with Crippen LogP contribution in [0.3, 0.4) is 0 Å². The van der Waals surface area contributed by atoms with Gasteiger partial charge >= 0.3 is 0 Å². The van der Waals surface area contributed by atoms with Crippen molar-refractivity contribution in [1.82, 2.24) is 5.32 Å². The highest BCUT2D eigenvalue weighted by atomic mass is 16.5. The Hall–Kier alpha value is -1.72. The van der Waals surface area contributed by atoms with Crippen molar-refractivity contribution in [2.45, 2.75) is 58.3 Å². The van der Waals surface area contributed by atoms with Crippen LogP contribution in [0.2, 0.25) is 0 Å². The maximum Gasteiger partial charge on any atom is 0.238 e. The second kappa shape index (κ2) is 6.42. The summed E-state index contributed by atoms with van der Waals surface area (Å²) in [5.41, 5.74) is 0.838. The third kappa shape index (κ3) is 4.62. The van der Waals surface area contributed by atoms with Crippen molar-refractivity contribution < 1.29 is 14.3 Å². The molecule has 2 rings (SSSR count). The van der Waals surface area contributed by atoms with E-state index >= 15 is 0 Å². The minimum absolute atomic E-state index is 0.00984. The molecule has 23 heavy (non-hydrogen) atoms. The van der Waals surface area contributed by atoms with Crippen molar-refractivity contribution in [2.24, 2.45) is 0 Å². The number of hydrogen-bond donors (Lipinski definition) is 2. The van der Waals surface area contributed by atoms with E-state index in [4.69, 9.17) is 4.74 Å². The van der Waals surface area contributed by atoms with E-state index in [0.29, 0.717) is 11.3 Å². The van der Waals surface area contributed by atoms with Crippen LogP contribution in [0.4, 0.5) is 5.69 Å². The lowest BCUT2D eigenvalue weighted by molar-refractivity contribution is -0.115. The van der Waals surface area contributed by atoms with Crippen molar-refractivity contribution in [1.29, 1.82) is 0 Å². The molecule has 0 radical (unpaired) electrons. The molecule has 0 saturated carbocycles. The van der Waals surface area contributed by atoms with Crippen molar-refractivity contribution in [2.75, 3.05) is 11.9 Å². The normalized spacial score (nSPS) is 21.9. The van der Waals surface area contributed by atoms with Crippen molar-refractivity contribution in [3.8, 4) is 0 Å². The molecule has 0 aliphatic carbocycles. The van der Waals surface area contributed by atoms with Crippen LogP contribution in [0, 0.1) is 0 Å². The Kier molecular flexibility index (Phi) is 4.92. The van der Waals surface area contributed by atoms with E-state index in [1.54, 1.807) is 24.3 Å². The molecule has 126 valence electrons. The van der Waals surface area contributed by atoms with Gasteiger partial charge in [-0.25, -0.2) is 0 Å². The van der Waals surface area contributed by atoms with Crippen molar-refractivity contribution in [3.63, 3.8) is 0 Å². The van der Waals surface area contributed by atoms with Crippen LogP contribution in [0.25, 0.3) is 0 Å². The predicted octanol–water partition coefficient (Wildman–Crippen LogP) is 2.76. The van der Waals surface area contributed by atoms with Crippen LogP contribution in [0.1, 0.15) is 51.4 Å². The van der Waals surface area contributed by atoms with Gasteiger partial charge < -0.3 is 15.4 Å². The summed E-state index contributed by atoms with van der Waals surface area (Å²) in [5, 5.41) is 6.11. The van der Waals surface area contributed by atoms with Gasteiger partial charge in [-0.1, -0.05) is 0 Å². The standard InChI is InChI=1S/C18H26N2O3/c1-12(21)13-6-8-14(9-7-13)20-16(22)11-19-15-10-17(2,3)23-18(15,4)5/h6-9,15,19H,10-11H2,1-5H3,(H,20,22)/t15-/m0/s1. The van der Waals surface area contributed by atoms with Gasteiger partial charge in [0.2, 0.25) is 5.91 Å². The average Bonchev–Trinajstić information content (AvgIpc) is 2.64. The molecule has 1 aliphatic heterocycles. The zero-order chi connectivity index (χ0) is 17.3. The largest absolute Gasteiger partial charge is 0.368 e. The lowest BCUT2D eigenvalue weighted by Gasteiger charge is -2.27. The van der Waals surface area contributed by atoms with Crippen LogP contribution in [-0.2, 0) is 9.53 Å². The number of anilines is 1. The SMILES string of the molecule is CC(=O)c1ccc(NC(=O)CN[C@H]2CC(C)(C)OC2(C)C)cc1. The molecule has 1 fully saturated rings. The van der Waals surface area contributed by atoms with Gasteiger partial charge in [0.1, 0.15) is 0 Å². The van der Waals surface area contributed by atoms with Crippen LogP contribution in [0.5, 0.6) is 0 Å². The van der Waals surface area contributed by atoms with Crippen LogP contribution < -0.4 is 10.6 Å². The van der Waals surface area contributed by atoms with E-state index < -0.39 is 0 Å². The number of benzene rings is 1. The lowest BCUT2D eigenvalue weighted by Crippen LogP contribution is -2.46. The molecule has 1 aliphatic rings. The highest BCUT2D eigenvalue weighted by Crippen LogP contribution is 2.37. The van der Waals surface area contributed by atoms with Crippen LogP contribution in [-0.4, -0.2) is 35.5 Å². The molecular formula is C18H26N2O3. The van der Waals surface area contributed by atoms with Gasteiger partial charge in [0.25, 0.3) is 0 Å². The summed E-state index contributed by atoms with van der Waals surface area (Å²) >= 11 is 0. The minimum Gasteiger partial charge on any atom is -0.368 e. The number of carbonyl (C=O) groups excluding carboxylic acids is 2. The van der Waals surface area contributed by atoms with Crippen molar-refractivity contribution in [3.05, 3.63) is 29.8 Å². The minimum atomic E-state index is -0.299. The quantitative estimate of drug-likeness (QED) is 0.819. The Morgan fingerprint density at radius 3 is 2.26 bits per heavy atom. The number of Topliss-reactive ketones (excluding diaryl/α,β-unsaturated/α-hetero) is 1. The van der Waals surface area contributed by atoms with E-state index in [1.165, 1.54) is 6.92 Å². The van der Waals surface area contributed by atoms with E-state index in [2.05, 4.69) is 24.5 Å². The van der Waals surface area contributed by atoms with E-state index in [0.717, 1.165) is 6.42 Å². The molecule has 0 unspecified atom stereocenters. The number of nitrogens with one attached hydrogen (secondary N) is 2. The zero-order valence-corrected chi connectivity index (χ0v) is 14.5. The smallest absolute Gasteiger partial charge is 0.238 e. The Morgan fingerprint density at radius 2 is 1.78 bits per heavy atom. The first kappa shape index (κ1) is 17.6. The fourth-order valence-electron chi connectivity index (χ4n) is 3.09. The summed E-state index contributed by atoms with van der Waals surface area (Å²) in [5.74, 6) is -0.100. The summed E-state index contributed by atoms with van der Waals surface area (Å²) in [6.07, 6.45) is 0.862. The monoisotopic (exact) mass is 318 g/mol. The zero-order valence-electron chi connectivity index (χ0n) is 14.5. The van der Waals surface area contributed by atoms with Crippen LogP contribution >= 0.6 is 0 Å². The van der Waals surface area contributed by atoms with Gasteiger partial charge in [-0.15, -0.1) is 0 Å². The summed E-state index contributed by atoms with van der Waals surface area (Å²) < 4.78 is 6.01. The van der Waals surface area contributed by atoms with E-state index in [1.807, 2.05) is 13.8 Å². The molecule has 2 N–H and O–H groups in total. The van der Waals surface area contributed by atoms with Crippen LogP contribution in [0.15, 0.2) is 24.3 Å². The van der Waals surface area contributed by atoms with Gasteiger partial charge in [-0.2, -0.15) is 0 Å². The number of ether oxygens (including phenoxy) is 1. The van der Waals surface area contributed by atoms with Gasteiger partial charge in [-0.05, 0) is 65.3 Å². The highest BCUT2D eigenvalue weighted by molar-refractivity contribution is 5.96. The third-order valence-electron chi connectivity index (χ3n) is 4.16. The number of rotatable bonds is 5. The maximum atomic E-state index is 12.1. The summed E-state index contributed by atoms with van der Waals surface area (Å²) in [7, 11) is 0. The number of hydrogen-bond acceptors (Lipinski definition) is 4. The second-order valence-corrected chi connectivity index (χ2v) is 7.28. The predicted molar refractivity (Wildman–Crippen MR) is 90.7 cm³/mol. The summed E-state index contributed by atoms with van der Waals surface area (Å²) in [6, 6.07) is 7.02. The molecule has 1 aromatic carbocycles. The van der Waals surface area contributed by atoms with E-state index in [-0.39, 0.29) is 35.5 Å². The van der Waals surface area contributed by atoms with E-state index in [9.17, 15) is 9.59 Å². The Morgan fingerprint density at radius 1 is 1.17 bits per heavy atom. The third-order valence-corrected chi connectivity index (χ3v) is 4.16. The lowest BCUT2D eigenvalue weighted by atomic mass is 9.94. The average molecular weight is 318 g/mol. The van der Waals surface area contributed by atoms with Gasteiger partial charge in [0.15, 0.2) is 5.78 Å². The molecular weight excluding hydrogens is 292 g/mol. The highest BCUT2D eigenvalue weighted by Gasteiger charge is 2.45.